The van der Waals surface area contributed by atoms with Crippen molar-refractivity contribution in [2.75, 3.05) is 34.2 Å². The highest BCUT2D eigenvalue weighted by atomic mass is 16.1. The van der Waals surface area contributed by atoms with E-state index in [4.69, 9.17) is 5.73 Å². The maximum atomic E-state index is 12.1. The van der Waals surface area contributed by atoms with E-state index >= 15 is 0 Å². The lowest BCUT2D eigenvalue weighted by atomic mass is 9.75. The van der Waals surface area contributed by atoms with Gasteiger partial charge in [-0.05, 0) is 61.2 Å². The number of hydrogen-bond donors (Lipinski definition) is 2. The van der Waals surface area contributed by atoms with Gasteiger partial charge in [-0.25, -0.2) is 0 Å². The molecule has 1 aliphatic carbocycles. The Hall–Kier alpha value is -0.650. The van der Waals surface area contributed by atoms with Gasteiger partial charge in [-0.15, -0.1) is 0 Å². The Bertz CT molecular complexity index is 345. The molecular formula is C16H34N4O. The van der Waals surface area contributed by atoms with E-state index in [1.54, 1.807) is 0 Å². The summed E-state index contributed by atoms with van der Waals surface area (Å²) in [6, 6.07) is 0.102. The molecule has 0 aromatic rings. The van der Waals surface area contributed by atoms with Crippen LogP contribution in [-0.2, 0) is 4.79 Å². The Kier molecular flexibility index (Phi) is 6.20. The molecule has 0 aromatic heterocycles. The van der Waals surface area contributed by atoms with E-state index in [1.807, 2.05) is 20.8 Å². The lowest BCUT2D eigenvalue weighted by molar-refractivity contribution is -0.123. The van der Waals surface area contributed by atoms with Crippen molar-refractivity contribution in [2.45, 2.75) is 63.6 Å². The third-order valence-corrected chi connectivity index (χ3v) is 4.61. The molecule has 0 radical (unpaired) electrons. The number of nitrogens with zero attached hydrogens (tertiary/aromatic N) is 2. The Morgan fingerprint density at radius 2 is 1.86 bits per heavy atom. The van der Waals surface area contributed by atoms with E-state index in [2.05, 4.69) is 36.3 Å². The number of hydrogen-bond acceptors (Lipinski definition) is 4. The Morgan fingerprint density at radius 1 is 1.29 bits per heavy atom. The summed E-state index contributed by atoms with van der Waals surface area (Å²) in [6.45, 7) is 7.49. The van der Waals surface area contributed by atoms with Gasteiger partial charge in [0, 0.05) is 36.6 Å². The van der Waals surface area contributed by atoms with Gasteiger partial charge in [-0.3, -0.25) is 9.69 Å². The molecule has 124 valence electrons. The smallest absolute Gasteiger partial charge is 0.222 e. The van der Waals surface area contributed by atoms with Crippen LogP contribution in [0.5, 0.6) is 0 Å². The zero-order valence-corrected chi connectivity index (χ0v) is 14.7. The van der Waals surface area contributed by atoms with Gasteiger partial charge in [-0.1, -0.05) is 0 Å². The summed E-state index contributed by atoms with van der Waals surface area (Å²) in [5.41, 5.74) is 5.98. The molecule has 21 heavy (non-hydrogen) atoms. The monoisotopic (exact) mass is 298 g/mol. The van der Waals surface area contributed by atoms with Gasteiger partial charge >= 0.3 is 0 Å². The van der Waals surface area contributed by atoms with E-state index in [-0.39, 0.29) is 23.0 Å². The summed E-state index contributed by atoms with van der Waals surface area (Å²) < 4.78 is 0. The van der Waals surface area contributed by atoms with Crippen LogP contribution in [0.2, 0.25) is 0 Å². The predicted octanol–water partition coefficient (Wildman–Crippen LogP) is 1.03. The van der Waals surface area contributed by atoms with Gasteiger partial charge in [0.15, 0.2) is 0 Å². The average molecular weight is 298 g/mol. The second-order valence-corrected chi connectivity index (χ2v) is 7.78. The van der Waals surface area contributed by atoms with Crippen LogP contribution in [0, 0.1) is 0 Å². The number of carbonyl (C=O) groups excluding carboxylic acids is 1. The second-order valence-electron chi connectivity index (χ2n) is 7.78. The highest BCUT2D eigenvalue weighted by molar-refractivity contribution is 5.77. The minimum atomic E-state index is -0.187. The van der Waals surface area contributed by atoms with Crippen molar-refractivity contribution in [3.8, 4) is 0 Å². The highest BCUT2D eigenvalue weighted by Gasteiger charge is 2.40. The van der Waals surface area contributed by atoms with Crippen LogP contribution in [0.4, 0.5) is 0 Å². The molecule has 0 heterocycles. The third-order valence-electron chi connectivity index (χ3n) is 4.61. The van der Waals surface area contributed by atoms with E-state index in [1.165, 1.54) is 19.3 Å². The first kappa shape index (κ1) is 18.4. The third kappa shape index (κ3) is 5.24. The average Bonchev–Trinajstić information content (AvgIpc) is 2.27. The van der Waals surface area contributed by atoms with Crippen LogP contribution < -0.4 is 11.1 Å². The number of rotatable bonds is 7. The molecule has 1 aliphatic rings. The number of nitrogens with two attached hydrogens (primary N) is 1. The Balaban J connectivity index is 2.57. The number of carbonyl (C=O) groups is 1. The molecule has 1 atom stereocenters. The first-order valence-corrected chi connectivity index (χ1v) is 7.98. The lowest BCUT2D eigenvalue weighted by Crippen LogP contribution is -2.59. The molecule has 5 nitrogen and oxygen atoms in total. The molecule has 0 bridgehead atoms. The first-order chi connectivity index (χ1) is 9.59. The maximum absolute atomic E-state index is 12.1. The van der Waals surface area contributed by atoms with Crippen LogP contribution in [-0.4, -0.2) is 67.1 Å². The molecule has 0 saturated heterocycles. The fourth-order valence-electron chi connectivity index (χ4n) is 3.03. The minimum absolute atomic E-state index is 0.0808. The van der Waals surface area contributed by atoms with Gasteiger partial charge in [0.05, 0.1) is 0 Å². The van der Waals surface area contributed by atoms with Gasteiger partial charge in [0.1, 0.15) is 0 Å². The maximum Gasteiger partial charge on any atom is 0.222 e. The largest absolute Gasteiger partial charge is 0.351 e. The number of amides is 1. The Morgan fingerprint density at radius 3 is 2.19 bits per heavy atom. The van der Waals surface area contributed by atoms with Gasteiger partial charge in [-0.2, -0.15) is 0 Å². The van der Waals surface area contributed by atoms with Crippen molar-refractivity contribution in [3.63, 3.8) is 0 Å². The quantitative estimate of drug-likeness (QED) is 0.737. The van der Waals surface area contributed by atoms with Crippen LogP contribution in [0.25, 0.3) is 0 Å². The minimum Gasteiger partial charge on any atom is -0.351 e. The molecule has 0 aromatic carbocycles. The summed E-state index contributed by atoms with van der Waals surface area (Å²) in [5, 5.41) is 3.02. The molecule has 1 saturated carbocycles. The summed E-state index contributed by atoms with van der Waals surface area (Å²) in [4.78, 5) is 16.7. The molecule has 1 fully saturated rings. The summed E-state index contributed by atoms with van der Waals surface area (Å²) in [5.74, 6) is 0.0808. The lowest BCUT2D eigenvalue weighted by Gasteiger charge is -2.50. The zero-order valence-electron chi connectivity index (χ0n) is 14.7. The van der Waals surface area contributed by atoms with Crippen LogP contribution >= 0.6 is 0 Å². The molecule has 0 spiro atoms. The van der Waals surface area contributed by atoms with Crippen molar-refractivity contribution in [3.05, 3.63) is 0 Å². The van der Waals surface area contributed by atoms with Crippen LogP contribution in [0.15, 0.2) is 0 Å². The highest BCUT2D eigenvalue weighted by Crippen LogP contribution is 2.37. The number of likely N-dealkylation sites (N-methyl/N-ethyl adjacent to an activating group) is 2. The van der Waals surface area contributed by atoms with E-state index in [9.17, 15) is 4.79 Å². The van der Waals surface area contributed by atoms with E-state index in [0.29, 0.717) is 13.0 Å². The molecule has 1 amide bonds. The standard InChI is InChI=1S/C16H34N4O/c1-15(2,3)18-14(21)10-13(11-17)20(6)12-16(19(4)5)8-7-9-16/h13H,7-12,17H2,1-6H3,(H,18,21). The van der Waals surface area contributed by atoms with Crippen molar-refractivity contribution in [1.82, 2.24) is 15.1 Å². The normalized spacial score (nSPS) is 19.5. The number of nitrogens with one attached hydrogen (secondary N) is 1. The van der Waals surface area contributed by atoms with Gasteiger partial charge in [0.2, 0.25) is 5.91 Å². The Labute approximate surface area is 130 Å². The van der Waals surface area contributed by atoms with Crippen LogP contribution in [0.1, 0.15) is 46.5 Å². The van der Waals surface area contributed by atoms with Gasteiger partial charge in [0.25, 0.3) is 0 Å². The first-order valence-electron chi connectivity index (χ1n) is 7.98. The summed E-state index contributed by atoms with van der Waals surface area (Å²) in [6.07, 6.45) is 4.23. The van der Waals surface area contributed by atoms with E-state index in [0.717, 1.165) is 6.54 Å². The summed E-state index contributed by atoms with van der Waals surface area (Å²) in [7, 11) is 6.39. The van der Waals surface area contributed by atoms with Crippen LogP contribution in [0.3, 0.4) is 0 Å². The summed E-state index contributed by atoms with van der Waals surface area (Å²) >= 11 is 0. The molecule has 0 aliphatic heterocycles. The molecular weight excluding hydrogens is 264 g/mol. The molecule has 1 unspecified atom stereocenters. The fourth-order valence-corrected chi connectivity index (χ4v) is 3.03. The van der Waals surface area contributed by atoms with E-state index < -0.39 is 0 Å². The van der Waals surface area contributed by atoms with Crippen molar-refractivity contribution < 1.29 is 4.79 Å². The van der Waals surface area contributed by atoms with Crippen molar-refractivity contribution in [2.24, 2.45) is 5.73 Å². The SMILES string of the molecule is CN(CC1(N(C)C)CCC1)C(CN)CC(=O)NC(C)(C)C. The van der Waals surface area contributed by atoms with Crippen molar-refractivity contribution >= 4 is 5.91 Å². The molecule has 5 heteroatoms. The zero-order chi connectivity index (χ0) is 16.3. The second kappa shape index (κ2) is 7.07. The predicted molar refractivity (Wildman–Crippen MR) is 88.3 cm³/mol. The van der Waals surface area contributed by atoms with Crippen molar-refractivity contribution in [1.29, 1.82) is 0 Å². The topological polar surface area (TPSA) is 61.6 Å². The molecule has 3 N–H and O–H groups in total. The molecule has 1 rings (SSSR count). The van der Waals surface area contributed by atoms with Gasteiger partial charge < -0.3 is 16.0 Å². The fraction of sp³-hybridized carbons (Fsp3) is 0.938.